The van der Waals surface area contributed by atoms with Crippen molar-refractivity contribution in [1.29, 1.82) is 0 Å². The summed E-state index contributed by atoms with van der Waals surface area (Å²) in [6.07, 6.45) is 1.94. The average Bonchev–Trinajstić information content (AvgIpc) is 2.36. The van der Waals surface area contributed by atoms with E-state index < -0.39 is 0 Å². The number of ether oxygens (including phenoxy) is 1. The Labute approximate surface area is 105 Å². The third-order valence-electron chi connectivity index (χ3n) is 4.01. The zero-order valence-corrected chi connectivity index (χ0v) is 11.7. The van der Waals surface area contributed by atoms with Crippen LogP contribution in [0.15, 0.2) is 0 Å². The fourth-order valence-corrected chi connectivity index (χ4v) is 1.77. The summed E-state index contributed by atoms with van der Waals surface area (Å²) >= 11 is 0. The number of piperazine rings is 1. The van der Waals surface area contributed by atoms with Crippen LogP contribution in [0, 0.1) is 5.41 Å². The fourth-order valence-electron chi connectivity index (χ4n) is 1.77. The van der Waals surface area contributed by atoms with Gasteiger partial charge < -0.3 is 14.5 Å². The van der Waals surface area contributed by atoms with Gasteiger partial charge in [-0.15, -0.1) is 0 Å². The first kappa shape index (κ1) is 14.3. The second kappa shape index (κ2) is 6.24. The minimum Gasteiger partial charge on any atom is -0.449 e. The molecule has 0 aromatic carbocycles. The van der Waals surface area contributed by atoms with Crippen molar-refractivity contribution in [1.82, 2.24) is 9.80 Å². The predicted octanol–water partition coefficient (Wildman–Crippen LogP) is 2.20. The Kier molecular flexibility index (Phi) is 5.25. The SMILES string of the molecule is CCC(C)(CC)COC(=O)N1CCN(C)CC1. The summed E-state index contributed by atoms with van der Waals surface area (Å²) in [5.74, 6) is 0. The monoisotopic (exact) mass is 242 g/mol. The molecule has 1 heterocycles. The first-order chi connectivity index (χ1) is 8.00. The minimum absolute atomic E-state index is 0.127. The Hall–Kier alpha value is -0.770. The van der Waals surface area contributed by atoms with E-state index in [-0.39, 0.29) is 11.5 Å². The molecule has 1 saturated heterocycles. The molecule has 0 unspecified atom stereocenters. The summed E-state index contributed by atoms with van der Waals surface area (Å²) in [6, 6.07) is 0. The molecule has 17 heavy (non-hydrogen) atoms. The van der Waals surface area contributed by atoms with Crippen LogP contribution in [-0.2, 0) is 4.74 Å². The van der Waals surface area contributed by atoms with Crippen molar-refractivity contribution in [3.63, 3.8) is 0 Å². The van der Waals surface area contributed by atoms with Crippen LogP contribution in [0.2, 0.25) is 0 Å². The number of carbonyl (C=O) groups excluding carboxylic acids is 1. The van der Waals surface area contributed by atoms with Gasteiger partial charge in [-0.1, -0.05) is 20.8 Å². The molecule has 0 aliphatic carbocycles. The van der Waals surface area contributed by atoms with Crippen LogP contribution in [0.5, 0.6) is 0 Å². The first-order valence-electron chi connectivity index (χ1n) is 6.61. The largest absolute Gasteiger partial charge is 0.449 e. The molecule has 0 aromatic rings. The molecule has 0 radical (unpaired) electrons. The van der Waals surface area contributed by atoms with Gasteiger partial charge in [0.15, 0.2) is 0 Å². The van der Waals surface area contributed by atoms with Gasteiger partial charge in [0, 0.05) is 31.6 Å². The van der Waals surface area contributed by atoms with E-state index in [0.29, 0.717) is 6.61 Å². The molecule has 4 nitrogen and oxygen atoms in total. The van der Waals surface area contributed by atoms with Gasteiger partial charge in [0.25, 0.3) is 0 Å². The summed E-state index contributed by atoms with van der Waals surface area (Å²) in [5, 5.41) is 0. The lowest BCUT2D eigenvalue weighted by Crippen LogP contribution is -2.47. The van der Waals surface area contributed by atoms with E-state index >= 15 is 0 Å². The van der Waals surface area contributed by atoms with Gasteiger partial charge in [0.2, 0.25) is 0 Å². The summed E-state index contributed by atoms with van der Waals surface area (Å²) in [6.45, 7) is 10.4. The molecule has 0 atom stereocenters. The Morgan fingerprint density at radius 1 is 1.18 bits per heavy atom. The van der Waals surface area contributed by atoms with Crippen molar-refractivity contribution < 1.29 is 9.53 Å². The van der Waals surface area contributed by atoms with Crippen molar-refractivity contribution in [2.45, 2.75) is 33.6 Å². The van der Waals surface area contributed by atoms with Crippen molar-refractivity contribution in [3.8, 4) is 0 Å². The van der Waals surface area contributed by atoms with Crippen LogP contribution in [0.25, 0.3) is 0 Å². The van der Waals surface area contributed by atoms with Crippen molar-refractivity contribution in [3.05, 3.63) is 0 Å². The van der Waals surface area contributed by atoms with Crippen LogP contribution in [0.3, 0.4) is 0 Å². The summed E-state index contributed by atoms with van der Waals surface area (Å²) < 4.78 is 5.43. The Bertz CT molecular complexity index is 244. The lowest BCUT2D eigenvalue weighted by atomic mass is 9.86. The predicted molar refractivity (Wildman–Crippen MR) is 69.1 cm³/mol. The fraction of sp³-hybridized carbons (Fsp3) is 0.923. The molecule has 0 spiro atoms. The standard InChI is InChI=1S/C13H26N2O2/c1-5-13(3,6-2)11-17-12(16)15-9-7-14(4)8-10-15/h5-11H2,1-4H3. The second-order valence-corrected chi connectivity index (χ2v) is 5.36. The number of amides is 1. The number of rotatable bonds is 4. The van der Waals surface area contributed by atoms with Crippen molar-refractivity contribution >= 4 is 6.09 Å². The van der Waals surface area contributed by atoms with Crippen molar-refractivity contribution in [2.24, 2.45) is 5.41 Å². The number of hydrogen-bond donors (Lipinski definition) is 0. The number of hydrogen-bond acceptors (Lipinski definition) is 3. The first-order valence-corrected chi connectivity index (χ1v) is 6.61. The Morgan fingerprint density at radius 3 is 2.18 bits per heavy atom. The van der Waals surface area contributed by atoms with Crippen LogP contribution >= 0.6 is 0 Å². The van der Waals surface area contributed by atoms with Crippen LogP contribution in [0.4, 0.5) is 4.79 Å². The van der Waals surface area contributed by atoms with Gasteiger partial charge in [-0.25, -0.2) is 4.79 Å². The zero-order valence-electron chi connectivity index (χ0n) is 11.7. The highest BCUT2D eigenvalue weighted by Crippen LogP contribution is 2.25. The van der Waals surface area contributed by atoms with E-state index in [4.69, 9.17) is 4.74 Å². The second-order valence-electron chi connectivity index (χ2n) is 5.36. The van der Waals surface area contributed by atoms with E-state index in [9.17, 15) is 4.79 Å². The van der Waals surface area contributed by atoms with Crippen LogP contribution in [0.1, 0.15) is 33.6 Å². The van der Waals surface area contributed by atoms with Gasteiger partial charge in [-0.05, 0) is 19.9 Å². The molecule has 1 aliphatic heterocycles. The summed E-state index contributed by atoms with van der Waals surface area (Å²) in [5.41, 5.74) is 0.127. The molecule has 0 N–H and O–H groups in total. The number of nitrogens with zero attached hydrogens (tertiary/aromatic N) is 2. The Balaban J connectivity index is 2.34. The number of likely N-dealkylation sites (N-methyl/N-ethyl adjacent to an activating group) is 1. The van der Waals surface area contributed by atoms with Crippen molar-refractivity contribution in [2.75, 3.05) is 39.8 Å². The van der Waals surface area contributed by atoms with Gasteiger partial charge in [-0.3, -0.25) is 0 Å². The maximum atomic E-state index is 11.9. The molecule has 1 fully saturated rings. The van der Waals surface area contributed by atoms with E-state index in [1.165, 1.54) is 0 Å². The molecule has 4 heteroatoms. The minimum atomic E-state index is -0.147. The summed E-state index contributed by atoms with van der Waals surface area (Å²) in [4.78, 5) is 15.9. The van der Waals surface area contributed by atoms with Gasteiger partial charge >= 0.3 is 6.09 Å². The normalized spacial score (nSPS) is 18.2. The van der Waals surface area contributed by atoms with Gasteiger partial charge in [0.05, 0.1) is 6.61 Å². The molecule has 0 bridgehead atoms. The highest BCUT2D eigenvalue weighted by molar-refractivity contribution is 5.67. The van der Waals surface area contributed by atoms with Crippen LogP contribution in [-0.4, -0.2) is 55.7 Å². The average molecular weight is 242 g/mol. The maximum Gasteiger partial charge on any atom is 0.409 e. The molecule has 0 aromatic heterocycles. The number of carbonyl (C=O) groups is 1. The van der Waals surface area contributed by atoms with E-state index in [1.54, 1.807) is 0 Å². The quantitative estimate of drug-likeness (QED) is 0.757. The molecule has 1 amide bonds. The topological polar surface area (TPSA) is 32.8 Å². The molecule has 1 rings (SSSR count). The molecule has 1 aliphatic rings. The highest BCUT2D eigenvalue weighted by atomic mass is 16.6. The van der Waals surface area contributed by atoms with Gasteiger partial charge in [0.1, 0.15) is 0 Å². The van der Waals surface area contributed by atoms with E-state index in [1.807, 2.05) is 4.90 Å². The molecular formula is C13H26N2O2. The van der Waals surface area contributed by atoms with E-state index in [2.05, 4.69) is 32.7 Å². The lowest BCUT2D eigenvalue weighted by molar-refractivity contribution is 0.0466. The third kappa shape index (κ3) is 4.19. The smallest absolute Gasteiger partial charge is 0.409 e. The third-order valence-corrected chi connectivity index (χ3v) is 4.01. The molecule has 0 saturated carbocycles. The van der Waals surface area contributed by atoms with Gasteiger partial charge in [-0.2, -0.15) is 0 Å². The molecule has 100 valence electrons. The Morgan fingerprint density at radius 2 is 1.71 bits per heavy atom. The van der Waals surface area contributed by atoms with E-state index in [0.717, 1.165) is 39.0 Å². The zero-order chi connectivity index (χ0) is 12.9. The summed E-state index contributed by atoms with van der Waals surface area (Å²) in [7, 11) is 2.08. The molecular weight excluding hydrogens is 216 g/mol. The maximum absolute atomic E-state index is 11.9. The lowest BCUT2D eigenvalue weighted by Gasteiger charge is -2.33. The highest BCUT2D eigenvalue weighted by Gasteiger charge is 2.25. The van der Waals surface area contributed by atoms with Crippen LogP contribution < -0.4 is 0 Å².